The van der Waals surface area contributed by atoms with Gasteiger partial charge in [-0.25, -0.2) is 0 Å². The Kier molecular flexibility index (Phi) is 4.26. The summed E-state index contributed by atoms with van der Waals surface area (Å²) in [6.07, 6.45) is 2.03. The van der Waals surface area contributed by atoms with Crippen LogP contribution < -0.4 is 0 Å². The Bertz CT molecular complexity index is 774. The second kappa shape index (κ2) is 6.06. The van der Waals surface area contributed by atoms with Crippen LogP contribution >= 0.6 is 23.4 Å². The molecule has 0 amide bonds. The zero-order valence-corrected chi connectivity index (χ0v) is 14.8. The number of hydrogen-bond acceptors (Lipinski definition) is 3. The number of carbonyl (C=O) groups is 1. The highest BCUT2D eigenvalue weighted by Gasteiger charge is 2.42. The highest BCUT2D eigenvalue weighted by molar-refractivity contribution is 7.98. The Labute approximate surface area is 145 Å². The van der Waals surface area contributed by atoms with Crippen LogP contribution in [0.2, 0.25) is 5.02 Å². The Hall–Kier alpha value is -1.71. The van der Waals surface area contributed by atoms with E-state index in [1.165, 1.54) is 4.90 Å². The predicted octanol–water partition coefficient (Wildman–Crippen LogP) is 5.31. The van der Waals surface area contributed by atoms with Gasteiger partial charge in [0, 0.05) is 15.5 Å². The summed E-state index contributed by atoms with van der Waals surface area (Å²) in [6, 6.07) is 15.3. The van der Waals surface area contributed by atoms with E-state index in [1.807, 2.05) is 42.7 Å². The minimum atomic E-state index is -0.859. The topological polar surface area (TPSA) is 26.3 Å². The summed E-state index contributed by atoms with van der Waals surface area (Å²) in [4.78, 5) is 14.0. The van der Waals surface area contributed by atoms with Gasteiger partial charge in [-0.3, -0.25) is 4.79 Å². The van der Waals surface area contributed by atoms with Gasteiger partial charge in [-0.15, -0.1) is 11.8 Å². The van der Waals surface area contributed by atoms with Crippen molar-refractivity contribution in [2.24, 2.45) is 0 Å². The van der Waals surface area contributed by atoms with Crippen LogP contribution in [0, 0.1) is 0 Å². The van der Waals surface area contributed by atoms with Crippen molar-refractivity contribution in [2.45, 2.75) is 24.3 Å². The highest BCUT2D eigenvalue weighted by atomic mass is 35.5. The summed E-state index contributed by atoms with van der Waals surface area (Å²) >= 11 is 7.64. The van der Waals surface area contributed by atoms with Crippen molar-refractivity contribution in [3.05, 3.63) is 64.7 Å². The fourth-order valence-electron chi connectivity index (χ4n) is 2.58. The fraction of sp³-hybridized carbons (Fsp3) is 0.211. The molecular formula is C19H17ClO2S. The minimum Gasteiger partial charge on any atom is -0.478 e. The van der Waals surface area contributed by atoms with Gasteiger partial charge < -0.3 is 4.74 Å². The number of rotatable bonds is 3. The molecule has 1 aliphatic heterocycles. The van der Waals surface area contributed by atoms with Crippen LogP contribution in [-0.2, 0) is 9.53 Å². The maximum atomic E-state index is 12.8. The van der Waals surface area contributed by atoms with Crippen LogP contribution in [0.25, 0.3) is 11.3 Å². The number of halogens is 1. The Morgan fingerprint density at radius 1 is 0.957 bits per heavy atom. The van der Waals surface area contributed by atoms with Crippen LogP contribution in [0.4, 0.5) is 0 Å². The first kappa shape index (κ1) is 16.2. The second-order valence-corrected chi connectivity index (χ2v) is 7.20. The molecule has 0 saturated heterocycles. The highest BCUT2D eigenvalue weighted by Crippen LogP contribution is 2.41. The standard InChI is InChI=1S/C19H17ClO2S/c1-19(2)18(21)16(12-4-8-14(20)9-5-12)17(22-19)13-6-10-15(23-3)11-7-13/h4-11H,1-3H3. The van der Waals surface area contributed by atoms with Crippen molar-refractivity contribution in [2.75, 3.05) is 6.26 Å². The van der Waals surface area contributed by atoms with Crippen molar-refractivity contribution >= 4 is 40.5 Å². The van der Waals surface area contributed by atoms with Gasteiger partial charge in [-0.05, 0) is 49.9 Å². The van der Waals surface area contributed by atoms with Crippen LogP contribution in [0.1, 0.15) is 25.0 Å². The molecule has 0 N–H and O–H groups in total. The lowest BCUT2D eigenvalue weighted by atomic mass is 9.93. The van der Waals surface area contributed by atoms with Crippen molar-refractivity contribution < 1.29 is 9.53 Å². The number of ether oxygens (including phenoxy) is 1. The second-order valence-electron chi connectivity index (χ2n) is 5.88. The van der Waals surface area contributed by atoms with Gasteiger partial charge in [0.25, 0.3) is 0 Å². The van der Waals surface area contributed by atoms with E-state index in [-0.39, 0.29) is 5.78 Å². The Morgan fingerprint density at radius 2 is 1.52 bits per heavy atom. The fourth-order valence-corrected chi connectivity index (χ4v) is 3.12. The predicted molar refractivity (Wildman–Crippen MR) is 96.7 cm³/mol. The van der Waals surface area contributed by atoms with Gasteiger partial charge in [0.15, 0.2) is 5.60 Å². The van der Waals surface area contributed by atoms with Crippen LogP contribution in [0.3, 0.4) is 0 Å². The molecule has 23 heavy (non-hydrogen) atoms. The van der Waals surface area contributed by atoms with Crippen molar-refractivity contribution in [1.82, 2.24) is 0 Å². The molecule has 0 aromatic heterocycles. The molecule has 0 atom stereocenters. The van der Waals surface area contributed by atoms with Crippen molar-refractivity contribution in [3.63, 3.8) is 0 Å². The van der Waals surface area contributed by atoms with Crippen LogP contribution in [0.5, 0.6) is 0 Å². The third-order valence-electron chi connectivity index (χ3n) is 3.84. The third kappa shape index (κ3) is 3.04. The van der Waals surface area contributed by atoms with E-state index >= 15 is 0 Å². The molecule has 2 nitrogen and oxygen atoms in total. The Balaban J connectivity index is 2.14. The van der Waals surface area contributed by atoms with E-state index < -0.39 is 5.60 Å². The molecule has 3 rings (SSSR count). The average Bonchev–Trinajstić information content (AvgIpc) is 2.79. The summed E-state index contributed by atoms with van der Waals surface area (Å²) in [5.74, 6) is 0.624. The van der Waals surface area contributed by atoms with E-state index in [0.29, 0.717) is 16.4 Å². The van der Waals surface area contributed by atoms with E-state index in [0.717, 1.165) is 11.1 Å². The molecule has 4 heteroatoms. The Morgan fingerprint density at radius 3 is 2.09 bits per heavy atom. The van der Waals surface area contributed by atoms with Crippen molar-refractivity contribution in [1.29, 1.82) is 0 Å². The molecule has 0 radical (unpaired) electrons. The molecular weight excluding hydrogens is 328 g/mol. The van der Waals surface area contributed by atoms with E-state index in [4.69, 9.17) is 16.3 Å². The normalized spacial score (nSPS) is 16.6. The molecule has 0 aliphatic carbocycles. The lowest BCUT2D eigenvalue weighted by Gasteiger charge is -2.17. The van der Waals surface area contributed by atoms with E-state index in [2.05, 4.69) is 0 Å². The molecule has 0 saturated carbocycles. The number of thioether (sulfide) groups is 1. The maximum Gasteiger partial charge on any atom is 0.210 e. The molecule has 1 aliphatic rings. The molecule has 118 valence electrons. The summed E-state index contributed by atoms with van der Waals surface area (Å²) in [5.41, 5.74) is 1.49. The summed E-state index contributed by atoms with van der Waals surface area (Å²) in [5, 5.41) is 0.644. The molecule has 2 aromatic carbocycles. The first-order valence-electron chi connectivity index (χ1n) is 7.31. The zero-order chi connectivity index (χ0) is 16.6. The van der Waals surface area contributed by atoms with Gasteiger partial charge in [-0.1, -0.05) is 35.9 Å². The van der Waals surface area contributed by atoms with Gasteiger partial charge >= 0.3 is 0 Å². The van der Waals surface area contributed by atoms with Gasteiger partial charge in [0.1, 0.15) is 5.76 Å². The third-order valence-corrected chi connectivity index (χ3v) is 4.84. The average molecular weight is 345 g/mol. The molecule has 0 fully saturated rings. The number of benzene rings is 2. The minimum absolute atomic E-state index is 0.0104. The monoisotopic (exact) mass is 344 g/mol. The van der Waals surface area contributed by atoms with E-state index in [1.54, 1.807) is 37.7 Å². The van der Waals surface area contributed by atoms with Crippen LogP contribution in [-0.4, -0.2) is 17.6 Å². The smallest absolute Gasteiger partial charge is 0.210 e. The number of Topliss-reactive ketones (excluding diaryl/α,β-unsaturated/α-hetero) is 1. The lowest BCUT2D eigenvalue weighted by Crippen LogP contribution is -2.29. The van der Waals surface area contributed by atoms with Gasteiger partial charge in [0.2, 0.25) is 5.78 Å². The molecule has 0 spiro atoms. The maximum absolute atomic E-state index is 12.8. The lowest BCUT2D eigenvalue weighted by molar-refractivity contribution is -0.125. The van der Waals surface area contributed by atoms with Crippen molar-refractivity contribution in [3.8, 4) is 0 Å². The number of ketones is 1. The molecule has 0 bridgehead atoms. The zero-order valence-electron chi connectivity index (χ0n) is 13.2. The molecule has 0 unspecified atom stereocenters. The summed E-state index contributed by atoms with van der Waals surface area (Å²) < 4.78 is 6.01. The van der Waals surface area contributed by atoms with Gasteiger partial charge in [0.05, 0.1) is 5.57 Å². The number of hydrogen-bond donors (Lipinski definition) is 0. The van der Waals surface area contributed by atoms with Gasteiger partial charge in [-0.2, -0.15) is 0 Å². The first-order chi connectivity index (χ1) is 10.9. The first-order valence-corrected chi connectivity index (χ1v) is 8.91. The summed E-state index contributed by atoms with van der Waals surface area (Å²) in [7, 11) is 0. The quantitative estimate of drug-likeness (QED) is 0.706. The van der Waals surface area contributed by atoms with E-state index in [9.17, 15) is 4.79 Å². The molecule has 1 heterocycles. The molecule has 2 aromatic rings. The summed E-state index contributed by atoms with van der Waals surface area (Å²) in [6.45, 7) is 3.60. The van der Waals surface area contributed by atoms with Crippen LogP contribution in [0.15, 0.2) is 53.4 Å². The SMILES string of the molecule is CSc1ccc(C2=C(c3ccc(Cl)cc3)C(=O)C(C)(C)O2)cc1. The largest absolute Gasteiger partial charge is 0.478 e. The number of carbonyl (C=O) groups excluding carboxylic acids is 1.